The molecule has 7 nitrogen and oxygen atoms in total. The fraction of sp³-hybridized carbons (Fsp3) is 0.0952. The summed E-state index contributed by atoms with van der Waals surface area (Å²) in [7, 11) is 0. The first-order chi connectivity index (χ1) is 14.0. The van der Waals surface area contributed by atoms with Crippen LogP contribution in [0.2, 0.25) is 5.02 Å². The van der Waals surface area contributed by atoms with E-state index in [9.17, 15) is 14.9 Å². The van der Waals surface area contributed by atoms with E-state index in [1.165, 1.54) is 12.1 Å². The van der Waals surface area contributed by atoms with Gasteiger partial charge in [0.25, 0.3) is 11.6 Å². The summed E-state index contributed by atoms with van der Waals surface area (Å²) in [5.74, 6) is 0.327. The number of H-pyrrole nitrogens is 1. The van der Waals surface area contributed by atoms with Crippen LogP contribution in [0.3, 0.4) is 0 Å². The van der Waals surface area contributed by atoms with Gasteiger partial charge in [0.15, 0.2) is 5.76 Å². The lowest BCUT2D eigenvalue weighted by Gasteiger charge is -2.03. The fourth-order valence-electron chi connectivity index (χ4n) is 3.12. The number of nitrogens with zero attached hydrogens (tertiary/aromatic N) is 1. The number of halogens is 1. The van der Waals surface area contributed by atoms with Crippen LogP contribution in [0.1, 0.15) is 16.1 Å². The number of nitro groups is 1. The van der Waals surface area contributed by atoms with E-state index >= 15 is 0 Å². The maximum Gasteiger partial charge on any atom is 0.287 e. The molecule has 4 rings (SSSR count). The van der Waals surface area contributed by atoms with Crippen molar-refractivity contribution in [3.63, 3.8) is 0 Å². The maximum absolute atomic E-state index is 12.4. The predicted octanol–water partition coefficient (Wildman–Crippen LogP) is 4.96. The summed E-state index contributed by atoms with van der Waals surface area (Å²) in [5, 5.41) is 15.3. The summed E-state index contributed by atoms with van der Waals surface area (Å²) in [6.45, 7) is 0.436. The highest BCUT2D eigenvalue weighted by atomic mass is 35.5. The Morgan fingerprint density at radius 3 is 2.69 bits per heavy atom. The third-order valence-electron chi connectivity index (χ3n) is 4.60. The highest BCUT2D eigenvalue weighted by Crippen LogP contribution is 2.25. The number of aromatic amines is 1. The Morgan fingerprint density at radius 2 is 1.93 bits per heavy atom. The largest absolute Gasteiger partial charge is 0.451 e. The molecule has 146 valence electrons. The Labute approximate surface area is 170 Å². The van der Waals surface area contributed by atoms with Gasteiger partial charge < -0.3 is 14.7 Å². The lowest BCUT2D eigenvalue weighted by atomic mass is 10.1. The van der Waals surface area contributed by atoms with E-state index in [0.717, 1.165) is 16.5 Å². The quantitative estimate of drug-likeness (QED) is 0.347. The minimum Gasteiger partial charge on any atom is -0.451 e. The second-order valence-corrected chi connectivity index (χ2v) is 6.91. The van der Waals surface area contributed by atoms with Crippen molar-refractivity contribution in [3.05, 3.63) is 87.3 Å². The number of fused-ring (bicyclic) bond motifs is 1. The van der Waals surface area contributed by atoms with E-state index in [-0.39, 0.29) is 17.4 Å². The molecule has 8 heteroatoms. The molecule has 2 N–H and O–H groups in total. The summed E-state index contributed by atoms with van der Waals surface area (Å²) in [5.41, 5.74) is 2.71. The summed E-state index contributed by atoms with van der Waals surface area (Å²) in [4.78, 5) is 25.8. The van der Waals surface area contributed by atoms with Crippen molar-refractivity contribution in [1.29, 1.82) is 0 Å². The highest BCUT2D eigenvalue weighted by Gasteiger charge is 2.13. The number of aromatic nitrogens is 1. The van der Waals surface area contributed by atoms with Crippen molar-refractivity contribution in [2.75, 3.05) is 6.54 Å². The first-order valence-corrected chi connectivity index (χ1v) is 9.27. The van der Waals surface area contributed by atoms with Crippen molar-refractivity contribution in [2.24, 2.45) is 0 Å². The van der Waals surface area contributed by atoms with Gasteiger partial charge in [-0.3, -0.25) is 14.9 Å². The minimum atomic E-state index is -0.466. The van der Waals surface area contributed by atoms with E-state index < -0.39 is 4.92 Å². The zero-order valence-corrected chi connectivity index (χ0v) is 15.9. The van der Waals surface area contributed by atoms with Gasteiger partial charge in [-0.05, 0) is 54.4 Å². The Hall–Kier alpha value is -3.58. The number of hydrogen-bond acceptors (Lipinski definition) is 4. The molecule has 2 heterocycles. The first kappa shape index (κ1) is 18.8. The van der Waals surface area contributed by atoms with E-state index in [1.807, 2.05) is 24.4 Å². The monoisotopic (exact) mass is 409 g/mol. The maximum atomic E-state index is 12.4. The second-order valence-electron chi connectivity index (χ2n) is 6.48. The molecule has 0 aliphatic heterocycles. The molecule has 0 atom stereocenters. The number of amides is 1. The number of nitrogens with one attached hydrogen (secondary N) is 2. The number of carbonyl (C=O) groups is 1. The van der Waals surface area contributed by atoms with Crippen molar-refractivity contribution < 1.29 is 14.1 Å². The van der Waals surface area contributed by atoms with Gasteiger partial charge >= 0.3 is 0 Å². The standard InChI is InChI=1S/C21H16ClN3O4/c22-15-3-6-18-17(11-15)14(12-24-18)9-10-23-21(26)20-8-7-19(29-20)13-1-4-16(5-2-13)25(27)28/h1-8,11-12,24H,9-10H2,(H,23,26). The predicted molar refractivity (Wildman–Crippen MR) is 110 cm³/mol. The summed E-state index contributed by atoms with van der Waals surface area (Å²) in [6, 6.07) is 14.8. The average molecular weight is 410 g/mol. The summed E-state index contributed by atoms with van der Waals surface area (Å²) < 4.78 is 5.60. The number of nitro benzene ring substituents is 1. The molecule has 2 aromatic heterocycles. The molecular weight excluding hydrogens is 394 g/mol. The first-order valence-electron chi connectivity index (χ1n) is 8.89. The van der Waals surface area contributed by atoms with Crippen LogP contribution in [0.25, 0.3) is 22.2 Å². The van der Waals surface area contributed by atoms with Gasteiger partial charge in [-0.25, -0.2) is 0 Å². The van der Waals surface area contributed by atoms with Crippen LogP contribution in [0.5, 0.6) is 0 Å². The van der Waals surface area contributed by atoms with Crippen LogP contribution >= 0.6 is 11.6 Å². The minimum absolute atomic E-state index is 0.00293. The average Bonchev–Trinajstić information content (AvgIpc) is 3.35. The molecule has 0 saturated carbocycles. The SMILES string of the molecule is O=C(NCCc1c[nH]c2ccc(Cl)cc12)c1ccc(-c2ccc([N+](=O)[O-])cc2)o1. The van der Waals surface area contributed by atoms with Crippen LogP contribution < -0.4 is 5.32 Å². The Morgan fingerprint density at radius 1 is 1.14 bits per heavy atom. The lowest BCUT2D eigenvalue weighted by molar-refractivity contribution is -0.384. The van der Waals surface area contributed by atoms with Gasteiger partial charge in [0, 0.05) is 46.4 Å². The van der Waals surface area contributed by atoms with Gasteiger partial charge in [0.1, 0.15) is 5.76 Å². The van der Waals surface area contributed by atoms with E-state index in [2.05, 4.69) is 10.3 Å². The van der Waals surface area contributed by atoms with Crippen LogP contribution in [0, 0.1) is 10.1 Å². The molecular formula is C21H16ClN3O4. The molecule has 0 bridgehead atoms. The van der Waals surface area contributed by atoms with Crippen LogP contribution in [0.4, 0.5) is 5.69 Å². The number of rotatable bonds is 6. The zero-order valence-electron chi connectivity index (χ0n) is 15.1. The molecule has 0 unspecified atom stereocenters. The highest BCUT2D eigenvalue weighted by molar-refractivity contribution is 6.31. The van der Waals surface area contributed by atoms with Gasteiger partial charge in [0.2, 0.25) is 0 Å². The Kier molecular flexibility index (Phi) is 5.05. The van der Waals surface area contributed by atoms with E-state index in [1.54, 1.807) is 24.3 Å². The fourth-order valence-corrected chi connectivity index (χ4v) is 3.29. The van der Waals surface area contributed by atoms with Gasteiger partial charge in [-0.1, -0.05) is 11.6 Å². The molecule has 0 fully saturated rings. The number of benzene rings is 2. The van der Waals surface area contributed by atoms with E-state index in [4.69, 9.17) is 16.0 Å². The van der Waals surface area contributed by atoms with Crippen LogP contribution in [0.15, 0.2) is 65.2 Å². The van der Waals surface area contributed by atoms with Crippen molar-refractivity contribution in [2.45, 2.75) is 6.42 Å². The van der Waals surface area contributed by atoms with Crippen molar-refractivity contribution >= 4 is 34.1 Å². The molecule has 0 aliphatic rings. The molecule has 2 aromatic carbocycles. The van der Waals surface area contributed by atoms with Crippen LogP contribution in [-0.2, 0) is 6.42 Å². The summed E-state index contributed by atoms with van der Waals surface area (Å²) in [6.07, 6.45) is 2.55. The second kappa shape index (κ2) is 7.81. The Balaban J connectivity index is 1.39. The molecule has 0 aliphatic carbocycles. The van der Waals surface area contributed by atoms with Crippen molar-refractivity contribution in [3.8, 4) is 11.3 Å². The number of furan rings is 1. The lowest BCUT2D eigenvalue weighted by Crippen LogP contribution is -2.25. The van der Waals surface area contributed by atoms with E-state index in [0.29, 0.717) is 29.3 Å². The number of carbonyl (C=O) groups excluding carboxylic acids is 1. The zero-order chi connectivity index (χ0) is 20.4. The third kappa shape index (κ3) is 4.00. The topological polar surface area (TPSA) is 101 Å². The number of non-ortho nitro benzene ring substituents is 1. The normalized spacial score (nSPS) is 10.9. The molecule has 1 amide bonds. The molecule has 29 heavy (non-hydrogen) atoms. The van der Waals surface area contributed by atoms with Crippen molar-refractivity contribution in [1.82, 2.24) is 10.3 Å². The third-order valence-corrected chi connectivity index (χ3v) is 4.84. The molecule has 0 saturated heterocycles. The van der Waals surface area contributed by atoms with Crippen LogP contribution in [-0.4, -0.2) is 22.4 Å². The summed E-state index contributed by atoms with van der Waals surface area (Å²) >= 11 is 6.06. The Bertz CT molecular complexity index is 1190. The van der Waals surface area contributed by atoms with Gasteiger partial charge in [-0.15, -0.1) is 0 Å². The molecule has 0 radical (unpaired) electrons. The van der Waals surface area contributed by atoms with Gasteiger partial charge in [-0.2, -0.15) is 0 Å². The molecule has 4 aromatic rings. The number of hydrogen-bond donors (Lipinski definition) is 2. The molecule has 0 spiro atoms. The smallest absolute Gasteiger partial charge is 0.287 e. The van der Waals surface area contributed by atoms with Gasteiger partial charge in [0.05, 0.1) is 4.92 Å².